The fraction of sp³-hybridized carbons (Fsp3) is 0.231. The molecule has 2 heterocycles. The van der Waals surface area contributed by atoms with E-state index >= 15 is 0 Å². The minimum absolute atomic E-state index is 0.0754. The lowest BCUT2D eigenvalue weighted by atomic mass is 9.82. The van der Waals surface area contributed by atoms with Crippen LogP contribution in [0.25, 0.3) is 11.0 Å². The van der Waals surface area contributed by atoms with Gasteiger partial charge in [0.1, 0.15) is 16.8 Å². The Labute approximate surface area is 196 Å². The maximum atomic E-state index is 13.8. The maximum absolute atomic E-state index is 13.8. The number of carbonyl (C=O) groups excluding carboxylic acids is 2. The summed E-state index contributed by atoms with van der Waals surface area (Å²) in [4.78, 5) is 27.2. The van der Waals surface area contributed by atoms with Crippen LogP contribution in [0.2, 0.25) is 0 Å². The molecule has 1 aliphatic carbocycles. The number of aliphatic hydroxyl groups is 1. The molecule has 2 unspecified atom stereocenters. The number of aromatic amines is 1. The number of hydrogen-bond donors (Lipinski definition) is 3. The van der Waals surface area contributed by atoms with E-state index in [1.54, 1.807) is 48.6 Å². The van der Waals surface area contributed by atoms with Gasteiger partial charge in [-0.1, -0.05) is 50.8 Å². The zero-order valence-corrected chi connectivity index (χ0v) is 19.0. The van der Waals surface area contributed by atoms with E-state index in [0.29, 0.717) is 22.3 Å². The van der Waals surface area contributed by atoms with Crippen LogP contribution in [0.5, 0.6) is 5.75 Å². The number of carbonyl (C=O) groups is 2. The second-order valence-electron chi connectivity index (χ2n) is 8.80. The molecule has 1 aliphatic heterocycles. The SMILES string of the molecule is C=C1C(=O)C2(NC(=O)c3ccc4n[nH]nc4c3)c3ccc(C(C)C)cc3OC2(O)/C1=C/C=C\C. The van der Waals surface area contributed by atoms with Gasteiger partial charge in [0.15, 0.2) is 5.78 Å². The van der Waals surface area contributed by atoms with Crippen molar-refractivity contribution in [3.63, 3.8) is 0 Å². The maximum Gasteiger partial charge on any atom is 0.271 e. The highest BCUT2D eigenvalue weighted by Crippen LogP contribution is 2.57. The van der Waals surface area contributed by atoms with Gasteiger partial charge < -0.3 is 15.2 Å². The van der Waals surface area contributed by atoms with Crippen LogP contribution in [-0.2, 0) is 10.3 Å². The van der Waals surface area contributed by atoms with Crippen LogP contribution < -0.4 is 10.1 Å². The summed E-state index contributed by atoms with van der Waals surface area (Å²) in [6, 6.07) is 10.2. The van der Waals surface area contributed by atoms with Gasteiger partial charge in [-0.15, -0.1) is 0 Å². The first-order chi connectivity index (χ1) is 16.2. The molecule has 1 fully saturated rings. The summed E-state index contributed by atoms with van der Waals surface area (Å²) in [6.45, 7) is 9.80. The number of allylic oxidation sites excluding steroid dienone is 3. The van der Waals surface area contributed by atoms with Gasteiger partial charge in [-0.25, -0.2) is 0 Å². The molecule has 0 radical (unpaired) electrons. The Bertz CT molecular complexity index is 1430. The van der Waals surface area contributed by atoms with E-state index in [-0.39, 0.29) is 22.6 Å². The summed E-state index contributed by atoms with van der Waals surface area (Å²) in [7, 11) is 0. The Morgan fingerprint density at radius 3 is 2.71 bits per heavy atom. The summed E-state index contributed by atoms with van der Waals surface area (Å²) >= 11 is 0. The number of aromatic nitrogens is 3. The quantitative estimate of drug-likeness (QED) is 0.518. The molecule has 0 saturated heterocycles. The largest absolute Gasteiger partial charge is 0.454 e. The minimum Gasteiger partial charge on any atom is -0.454 e. The molecule has 34 heavy (non-hydrogen) atoms. The first kappa shape index (κ1) is 21.8. The molecule has 1 amide bonds. The smallest absolute Gasteiger partial charge is 0.271 e. The first-order valence-corrected chi connectivity index (χ1v) is 11.0. The van der Waals surface area contributed by atoms with Crippen LogP contribution >= 0.6 is 0 Å². The average molecular weight is 457 g/mol. The van der Waals surface area contributed by atoms with E-state index in [0.717, 1.165) is 5.56 Å². The van der Waals surface area contributed by atoms with Crippen LogP contribution in [0.4, 0.5) is 0 Å². The Kier molecular flexibility index (Phi) is 4.80. The third-order valence-electron chi connectivity index (χ3n) is 6.48. The van der Waals surface area contributed by atoms with E-state index in [9.17, 15) is 14.7 Å². The van der Waals surface area contributed by atoms with Crippen LogP contribution in [0, 0.1) is 0 Å². The number of hydrogen-bond acceptors (Lipinski definition) is 6. The number of amides is 1. The number of benzene rings is 2. The number of fused-ring (bicyclic) bond motifs is 4. The van der Waals surface area contributed by atoms with Crippen molar-refractivity contribution in [2.75, 3.05) is 0 Å². The second-order valence-corrected chi connectivity index (χ2v) is 8.80. The Morgan fingerprint density at radius 2 is 1.97 bits per heavy atom. The highest BCUT2D eigenvalue weighted by molar-refractivity contribution is 6.15. The van der Waals surface area contributed by atoms with Crippen LogP contribution in [0.3, 0.4) is 0 Å². The van der Waals surface area contributed by atoms with Crippen LogP contribution in [0.15, 0.2) is 72.4 Å². The van der Waals surface area contributed by atoms with E-state index in [2.05, 4.69) is 27.3 Å². The average Bonchev–Trinajstić information content (AvgIpc) is 3.42. The lowest BCUT2D eigenvalue weighted by Gasteiger charge is -2.34. The molecule has 172 valence electrons. The zero-order chi connectivity index (χ0) is 24.3. The van der Waals surface area contributed by atoms with Gasteiger partial charge >= 0.3 is 0 Å². The highest BCUT2D eigenvalue weighted by atomic mass is 16.6. The predicted octanol–water partition coefficient (Wildman–Crippen LogP) is 3.43. The van der Waals surface area contributed by atoms with Gasteiger partial charge in [0, 0.05) is 22.3 Å². The minimum atomic E-state index is -2.16. The first-order valence-electron chi connectivity index (χ1n) is 11.0. The van der Waals surface area contributed by atoms with Crippen molar-refractivity contribution in [3.05, 3.63) is 89.0 Å². The number of Topliss-reactive ketones (excluding diaryl/α,β-unsaturated/α-hetero) is 1. The molecule has 3 aromatic rings. The third-order valence-corrected chi connectivity index (χ3v) is 6.48. The van der Waals surface area contributed by atoms with Gasteiger partial charge in [0.05, 0.1) is 0 Å². The number of ketones is 1. The fourth-order valence-corrected chi connectivity index (χ4v) is 4.64. The predicted molar refractivity (Wildman–Crippen MR) is 126 cm³/mol. The molecule has 2 aromatic carbocycles. The summed E-state index contributed by atoms with van der Waals surface area (Å²) in [6.07, 6.45) is 5.04. The van der Waals surface area contributed by atoms with Gasteiger partial charge in [0.2, 0.25) is 5.54 Å². The molecular formula is C26H24N4O4. The Morgan fingerprint density at radius 1 is 1.21 bits per heavy atom. The van der Waals surface area contributed by atoms with E-state index < -0.39 is 23.0 Å². The molecule has 5 rings (SSSR count). The van der Waals surface area contributed by atoms with Crippen molar-refractivity contribution >= 4 is 22.7 Å². The summed E-state index contributed by atoms with van der Waals surface area (Å²) in [5.74, 6) is -2.72. The standard InChI is InChI=1S/C26H24N4O4/c1-5-6-7-18-15(4)23(31)25(27-24(32)17-9-11-20-21(12-17)29-30-28-20)19-10-8-16(14(2)3)13-22(19)34-26(18,25)33/h5-14,33H,4H2,1-3H3,(H,27,32)(H,28,29,30)/b6-5-,18-7+. The number of nitrogens with one attached hydrogen (secondary N) is 2. The zero-order valence-electron chi connectivity index (χ0n) is 19.0. The fourth-order valence-electron chi connectivity index (χ4n) is 4.64. The molecule has 0 spiro atoms. The van der Waals surface area contributed by atoms with Crippen molar-refractivity contribution < 1.29 is 19.4 Å². The number of ether oxygens (including phenoxy) is 1. The third kappa shape index (κ3) is 2.82. The van der Waals surface area contributed by atoms with E-state index in [4.69, 9.17) is 4.74 Å². The molecule has 1 saturated carbocycles. The second kappa shape index (κ2) is 7.50. The van der Waals surface area contributed by atoms with E-state index in [1.165, 1.54) is 0 Å². The molecular weight excluding hydrogens is 432 g/mol. The molecule has 3 N–H and O–H groups in total. The van der Waals surface area contributed by atoms with Crippen molar-refractivity contribution in [2.24, 2.45) is 0 Å². The topological polar surface area (TPSA) is 117 Å². The van der Waals surface area contributed by atoms with Gasteiger partial charge in [0.25, 0.3) is 11.7 Å². The number of H-pyrrole nitrogens is 1. The summed E-state index contributed by atoms with van der Waals surface area (Å²) in [5, 5.41) is 25.3. The molecule has 2 aliphatic rings. The number of nitrogens with zero attached hydrogens (tertiary/aromatic N) is 2. The molecule has 8 heteroatoms. The normalized spacial score (nSPS) is 24.8. The molecule has 8 nitrogen and oxygen atoms in total. The summed E-state index contributed by atoms with van der Waals surface area (Å²) in [5.41, 5.74) is 1.10. The highest BCUT2D eigenvalue weighted by Gasteiger charge is 2.73. The van der Waals surface area contributed by atoms with Crippen LogP contribution in [0.1, 0.15) is 48.2 Å². The van der Waals surface area contributed by atoms with Gasteiger partial charge in [-0.05, 0) is 42.7 Å². The molecule has 0 bridgehead atoms. The van der Waals surface area contributed by atoms with Crippen molar-refractivity contribution in [1.29, 1.82) is 0 Å². The van der Waals surface area contributed by atoms with Crippen molar-refractivity contribution in [3.8, 4) is 5.75 Å². The molecule has 1 aromatic heterocycles. The Hall–Kier alpha value is -4.04. The monoisotopic (exact) mass is 456 g/mol. The van der Waals surface area contributed by atoms with Crippen LogP contribution in [-0.4, -0.2) is 38.0 Å². The molecule has 2 atom stereocenters. The number of rotatable bonds is 4. The lowest BCUT2D eigenvalue weighted by molar-refractivity contribution is -0.152. The van der Waals surface area contributed by atoms with Gasteiger partial charge in [-0.3, -0.25) is 9.59 Å². The van der Waals surface area contributed by atoms with Gasteiger partial charge in [-0.2, -0.15) is 15.4 Å². The van der Waals surface area contributed by atoms with Crippen molar-refractivity contribution in [2.45, 2.75) is 38.0 Å². The van der Waals surface area contributed by atoms with Crippen molar-refractivity contribution in [1.82, 2.24) is 20.7 Å². The lowest BCUT2D eigenvalue weighted by Crippen LogP contribution is -2.62. The Balaban J connectivity index is 1.69. The summed E-state index contributed by atoms with van der Waals surface area (Å²) < 4.78 is 6.09. The van der Waals surface area contributed by atoms with E-state index in [1.807, 2.05) is 26.8 Å².